The molecule has 1 saturated heterocycles. The Balaban J connectivity index is 2.47. The highest BCUT2D eigenvalue weighted by Crippen LogP contribution is 2.30. The first-order valence-electron chi connectivity index (χ1n) is 7.16. The molecule has 2 rings (SSSR count). The van der Waals surface area contributed by atoms with Crippen molar-refractivity contribution in [3.05, 3.63) is 24.3 Å². The fourth-order valence-electron chi connectivity index (χ4n) is 2.61. The van der Waals surface area contributed by atoms with Crippen molar-refractivity contribution in [1.29, 1.82) is 0 Å². The molecule has 0 aliphatic carbocycles. The highest BCUT2D eigenvalue weighted by atomic mass is 32.2. The number of hydrogen-bond donors (Lipinski definition) is 1. The van der Waals surface area contributed by atoms with E-state index < -0.39 is 53.0 Å². The van der Waals surface area contributed by atoms with Crippen molar-refractivity contribution < 1.29 is 39.3 Å². The minimum atomic E-state index is -4.39. The zero-order chi connectivity index (χ0) is 19.9. The number of hydrogen-bond acceptors (Lipinski definition) is 8. The minimum absolute atomic E-state index is 0.144. The van der Waals surface area contributed by atoms with Gasteiger partial charge in [0.15, 0.2) is 9.84 Å². The monoisotopic (exact) mass is 427 g/mol. The third-order valence-corrected chi connectivity index (χ3v) is 7.27. The predicted octanol–water partition coefficient (Wildman–Crippen LogP) is -0.717. The average Bonchev–Trinajstić information content (AvgIpc) is 2.89. The Morgan fingerprint density at radius 2 is 1.69 bits per heavy atom. The summed E-state index contributed by atoms with van der Waals surface area (Å²) in [5.74, 6) is -1.57. The maximum Gasteiger partial charge on any atom is 0.324 e. The van der Waals surface area contributed by atoms with Crippen LogP contribution in [0.2, 0.25) is 0 Å². The van der Waals surface area contributed by atoms with Gasteiger partial charge >= 0.3 is 5.97 Å². The normalized spacial score (nSPS) is 22.4. The van der Waals surface area contributed by atoms with Crippen LogP contribution < -0.4 is 0 Å². The number of rotatable bonds is 6. The summed E-state index contributed by atoms with van der Waals surface area (Å²) >= 11 is 0. The van der Waals surface area contributed by atoms with E-state index in [-0.39, 0.29) is 17.9 Å². The lowest BCUT2D eigenvalue weighted by atomic mass is 10.2. The molecule has 1 N–H and O–H groups in total. The number of sulfone groups is 1. The number of aliphatic carboxylic acids is 1. The number of nitrogens with zero attached hydrogens (tertiary/aromatic N) is 1. The van der Waals surface area contributed by atoms with Crippen LogP contribution in [0.5, 0.6) is 0 Å². The van der Waals surface area contributed by atoms with Gasteiger partial charge in [-0.2, -0.15) is 12.7 Å². The van der Waals surface area contributed by atoms with E-state index in [2.05, 4.69) is 0 Å². The molecule has 1 aromatic rings. The Labute approximate surface area is 151 Å². The summed E-state index contributed by atoms with van der Waals surface area (Å²) in [7, 11) is -12.1. The van der Waals surface area contributed by atoms with Crippen LogP contribution in [0, 0.1) is 0 Å². The van der Waals surface area contributed by atoms with Gasteiger partial charge in [0.25, 0.3) is 10.1 Å². The Morgan fingerprint density at radius 1 is 1.12 bits per heavy atom. The lowest BCUT2D eigenvalue weighted by Gasteiger charge is -2.23. The van der Waals surface area contributed by atoms with Gasteiger partial charge in [-0.1, -0.05) is 6.07 Å². The van der Waals surface area contributed by atoms with Gasteiger partial charge in [-0.15, -0.1) is 0 Å². The van der Waals surface area contributed by atoms with Crippen LogP contribution >= 0.6 is 0 Å². The standard InChI is InChI=1S/C13H17NO9S3/c1-24(17,18)9-4-3-5-10(8-9)26(21,22)14-7-6-11(12(14)13(15)16)23-25(2,19)20/h3-5,8,11-12H,6-7H2,1-2H3,(H,15,16)/t11-,12?/m0/s1. The van der Waals surface area contributed by atoms with E-state index in [4.69, 9.17) is 4.18 Å². The second-order valence-corrected chi connectivity index (χ2v) is 11.3. The van der Waals surface area contributed by atoms with E-state index in [1.807, 2.05) is 0 Å². The van der Waals surface area contributed by atoms with Gasteiger partial charge in [-0.05, 0) is 24.6 Å². The van der Waals surface area contributed by atoms with Crippen LogP contribution in [0.15, 0.2) is 34.1 Å². The van der Waals surface area contributed by atoms with Crippen molar-refractivity contribution in [2.45, 2.75) is 28.4 Å². The fraction of sp³-hybridized carbons (Fsp3) is 0.462. The van der Waals surface area contributed by atoms with E-state index in [9.17, 15) is 35.2 Å². The molecule has 0 aromatic heterocycles. The van der Waals surface area contributed by atoms with Crippen molar-refractivity contribution in [3.63, 3.8) is 0 Å². The van der Waals surface area contributed by atoms with Gasteiger partial charge in [0.05, 0.1) is 16.0 Å². The Bertz CT molecular complexity index is 1030. The second-order valence-electron chi connectivity index (χ2n) is 5.77. The first kappa shape index (κ1) is 20.8. The third-order valence-electron chi connectivity index (χ3n) is 3.69. The zero-order valence-electron chi connectivity index (χ0n) is 13.8. The zero-order valence-corrected chi connectivity index (χ0v) is 16.2. The van der Waals surface area contributed by atoms with Gasteiger partial charge in [-0.3, -0.25) is 8.98 Å². The maximum atomic E-state index is 12.8. The van der Waals surface area contributed by atoms with Crippen molar-refractivity contribution in [2.24, 2.45) is 0 Å². The molecular weight excluding hydrogens is 410 g/mol. The van der Waals surface area contributed by atoms with Gasteiger partial charge in [0, 0.05) is 12.8 Å². The molecule has 0 amide bonds. The van der Waals surface area contributed by atoms with Crippen molar-refractivity contribution in [2.75, 3.05) is 19.1 Å². The molecule has 0 radical (unpaired) electrons. The van der Waals surface area contributed by atoms with E-state index in [1.165, 1.54) is 12.1 Å². The SMILES string of the molecule is CS(=O)(=O)O[C@H]1CCN(S(=O)(=O)c2cccc(S(C)(=O)=O)c2)C1C(=O)O. The maximum absolute atomic E-state index is 12.8. The molecule has 26 heavy (non-hydrogen) atoms. The number of carboxylic acid groups (broad SMARTS) is 1. The lowest BCUT2D eigenvalue weighted by Crippen LogP contribution is -2.46. The molecule has 1 aliphatic rings. The van der Waals surface area contributed by atoms with Crippen molar-refractivity contribution >= 4 is 35.9 Å². The van der Waals surface area contributed by atoms with Gasteiger partial charge in [0.2, 0.25) is 10.0 Å². The summed E-state index contributed by atoms with van der Waals surface area (Å²) in [6.07, 6.45) is 0.119. The average molecular weight is 427 g/mol. The fourth-order valence-corrected chi connectivity index (χ4v) is 5.67. The van der Waals surface area contributed by atoms with Crippen molar-refractivity contribution in [3.8, 4) is 0 Å². The minimum Gasteiger partial charge on any atom is -0.480 e. The molecule has 0 spiro atoms. The van der Waals surface area contributed by atoms with Crippen LogP contribution in [-0.4, -0.2) is 71.8 Å². The first-order chi connectivity index (χ1) is 11.7. The number of carbonyl (C=O) groups is 1. The smallest absolute Gasteiger partial charge is 0.324 e. The largest absolute Gasteiger partial charge is 0.480 e. The van der Waals surface area contributed by atoms with Gasteiger partial charge < -0.3 is 5.11 Å². The summed E-state index contributed by atoms with van der Waals surface area (Å²) in [4.78, 5) is 10.9. The van der Waals surface area contributed by atoms with Gasteiger partial charge in [-0.25, -0.2) is 16.8 Å². The molecule has 146 valence electrons. The molecular formula is C13H17NO9S3. The van der Waals surface area contributed by atoms with Crippen LogP contribution in [0.25, 0.3) is 0 Å². The molecule has 1 fully saturated rings. The topological polar surface area (TPSA) is 152 Å². The number of benzene rings is 1. The van der Waals surface area contributed by atoms with E-state index in [0.717, 1.165) is 24.6 Å². The summed E-state index contributed by atoms with van der Waals surface area (Å²) < 4.78 is 76.7. The quantitative estimate of drug-likeness (QED) is 0.580. The second kappa shape index (κ2) is 6.88. The molecule has 1 unspecified atom stereocenters. The predicted molar refractivity (Wildman–Crippen MR) is 89.2 cm³/mol. The third kappa shape index (κ3) is 4.40. The Hall–Kier alpha value is -1.54. The molecule has 2 atom stereocenters. The van der Waals surface area contributed by atoms with Crippen LogP contribution in [0.1, 0.15) is 6.42 Å². The molecule has 1 aromatic carbocycles. The highest BCUT2D eigenvalue weighted by molar-refractivity contribution is 7.91. The summed E-state index contributed by atoms with van der Waals surface area (Å²) in [5, 5.41) is 9.37. The van der Waals surface area contributed by atoms with Crippen LogP contribution in [-0.2, 0) is 39.0 Å². The first-order valence-corrected chi connectivity index (χ1v) is 12.3. The van der Waals surface area contributed by atoms with Gasteiger partial charge in [0.1, 0.15) is 12.1 Å². The lowest BCUT2D eigenvalue weighted by molar-refractivity contribution is -0.142. The van der Waals surface area contributed by atoms with Crippen molar-refractivity contribution in [1.82, 2.24) is 4.31 Å². The Morgan fingerprint density at radius 3 is 2.19 bits per heavy atom. The Kier molecular flexibility index (Phi) is 5.50. The van der Waals surface area contributed by atoms with E-state index >= 15 is 0 Å². The molecule has 1 heterocycles. The molecule has 0 saturated carbocycles. The summed E-state index contributed by atoms with van der Waals surface area (Å²) in [6, 6.07) is 2.74. The summed E-state index contributed by atoms with van der Waals surface area (Å²) in [6.45, 7) is -0.289. The highest BCUT2D eigenvalue weighted by Gasteiger charge is 2.48. The molecule has 0 bridgehead atoms. The van der Waals surface area contributed by atoms with E-state index in [1.54, 1.807) is 0 Å². The molecule has 13 heteroatoms. The summed E-state index contributed by atoms with van der Waals surface area (Å²) in [5.41, 5.74) is 0. The number of carboxylic acids is 1. The van der Waals surface area contributed by atoms with Crippen LogP contribution in [0.3, 0.4) is 0 Å². The van der Waals surface area contributed by atoms with Crippen LogP contribution in [0.4, 0.5) is 0 Å². The van der Waals surface area contributed by atoms with E-state index in [0.29, 0.717) is 4.31 Å². The number of sulfonamides is 1. The molecule has 1 aliphatic heterocycles. The molecule has 10 nitrogen and oxygen atoms in total.